The van der Waals surface area contributed by atoms with Gasteiger partial charge in [-0.1, -0.05) is 53.5 Å². The summed E-state index contributed by atoms with van der Waals surface area (Å²) in [4.78, 5) is 0. The van der Waals surface area contributed by atoms with Crippen LogP contribution >= 0.6 is 27.5 Å². The molecule has 104 valence electrons. The van der Waals surface area contributed by atoms with E-state index in [1.54, 1.807) is 4.68 Å². The Labute approximate surface area is 132 Å². The van der Waals surface area contributed by atoms with Gasteiger partial charge >= 0.3 is 0 Å². The van der Waals surface area contributed by atoms with Crippen LogP contribution in [0.4, 0.5) is 0 Å². The highest BCUT2D eigenvalue weighted by atomic mass is 79.9. The predicted octanol–water partition coefficient (Wildman–Crippen LogP) is 4.42. The van der Waals surface area contributed by atoms with Crippen molar-refractivity contribution >= 4 is 27.5 Å². The number of hydrogen-bond acceptors (Lipinski definition) is 2. The fraction of sp³-hybridized carbons (Fsp3) is 0.333. The maximum Gasteiger partial charge on any atom is 0.145 e. The highest BCUT2D eigenvalue weighted by molar-refractivity contribution is 9.10. The molecule has 0 aliphatic rings. The summed E-state index contributed by atoms with van der Waals surface area (Å²) in [6.07, 6.45) is 0.758. The van der Waals surface area contributed by atoms with E-state index in [9.17, 15) is 5.26 Å². The van der Waals surface area contributed by atoms with Crippen LogP contribution in [-0.2, 0) is 13.0 Å². The molecule has 1 heterocycles. The molecule has 3 nitrogen and oxygen atoms in total. The molecular formula is C15H15BrClN3. The molecule has 0 bridgehead atoms. The number of nitrogens with zero attached hydrogens (tertiary/aromatic N) is 3. The smallest absolute Gasteiger partial charge is 0.145 e. The van der Waals surface area contributed by atoms with Crippen LogP contribution in [0.3, 0.4) is 0 Å². The number of nitriles is 1. The van der Waals surface area contributed by atoms with Crippen molar-refractivity contribution in [1.82, 2.24) is 9.78 Å². The Bertz CT molecular complexity index is 656. The second-order valence-electron chi connectivity index (χ2n) is 5.11. The summed E-state index contributed by atoms with van der Waals surface area (Å²) in [5.41, 5.74) is 2.36. The zero-order valence-electron chi connectivity index (χ0n) is 11.4. The second kappa shape index (κ2) is 6.43. The van der Waals surface area contributed by atoms with Crippen LogP contribution < -0.4 is 0 Å². The van der Waals surface area contributed by atoms with Crippen molar-refractivity contribution in [2.75, 3.05) is 0 Å². The number of halogens is 2. The maximum atomic E-state index is 9.24. The lowest BCUT2D eigenvalue weighted by molar-refractivity contribution is 0.608. The van der Waals surface area contributed by atoms with Gasteiger partial charge in [0.15, 0.2) is 0 Å². The molecular weight excluding hydrogens is 338 g/mol. The Morgan fingerprint density at radius 3 is 2.80 bits per heavy atom. The minimum atomic E-state index is 0.420. The molecule has 2 aromatic rings. The van der Waals surface area contributed by atoms with E-state index < -0.39 is 0 Å². The Hall–Kier alpha value is -1.31. The van der Waals surface area contributed by atoms with Crippen molar-refractivity contribution in [1.29, 1.82) is 5.26 Å². The van der Waals surface area contributed by atoms with Crippen molar-refractivity contribution in [3.8, 4) is 6.07 Å². The Kier molecular flexibility index (Phi) is 4.85. The third kappa shape index (κ3) is 3.41. The van der Waals surface area contributed by atoms with Gasteiger partial charge in [-0.2, -0.15) is 10.4 Å². The van der Waals surface area contributed by atoms with Gasteiger partial charge in [-0.15, -0.1) is 0 Å². The van der Waals surface area contributed by atoms with Crippen LogP contribution in [-0.4, -0.2) is 9.78 Å². The molecule has 0 spiro atoms. The van der Waals surface area contributed by atoms with Crippen LogP contribution in [0.25, 0.3) is 0 Å². The van der Waals surface area contributed by atoms with Crippen molar-refractivity contribution in [2.45, 2.75) is 26.8 Å². The second-order valence-corrected chi connectivity index (χ2v) is 6.38. The van der Waals surface area contributed by atoms with E-state index in [4.69, 9.17) is 11.6 Å². The normalized spacial score (nSPS) is 10.8. The van der Waals surface area contributed by atoms with Gasteiger partial charge in [0, 0.05) is 4.47 Å². The maximum absolute atomic E-state index is 9.24. The van der Waals surface area contributed by atoms with Gasteiger partial charge in [-0.3, -0.25) is 0 Å². The first-order chi connectivity index (χ1) is 9.51. The van der Waals surface area contributed by atoms with Crippen molar-refractivity contribution in [3.63, 3.8) is 0 Å². The first kappa shape index (κ1) is 15.1. The monoisotopic (exact) mass is 351 g/mol. The summed E-state index contributed by atoms with van der Waals surface area (Å²) in [7, 11) is 0. The number of benzene rings is 1. The van der Waals surface area contributed by atoms with Crippen molar-refractivity contribution < 1.29 is 0 Å². The molecule has 0 radical (unpaired) electrons. The van der Waals surface area contributed by atoms with Gasteiger partial charge in [0.25, 0.3) is 0 Å². The van der Waals surface area contributed by atoms with Gasteiger partial charge < -0.3 is 0 Å². The van der Waals surface area contributed by atoms with E-state index in [0.29, 0.717) is 23.2 Å². The molecule has 0 fully saturated rings. The Morgan fingerprint density at radius 1 is 1.45 bits per heavy atom. The highest BCUT2D eigenvalue weighted by Crippen LogP contribution is 2.23. The number of hydrogen-bond donors (Lipinski definition) is 0. The summed E-state index contributed by atoms with van der Waals surface area (Å²) in [6.45, 7) is 4.76. The van der Waals surface area contributed by atoms with E-state index in [2.05, 4.69) is 40.9 Å². The first-order valence-electron chi connectivity index (χ1n) is 6.41. The summed E-state index contributed by atoms with van der Waals surface area (Å²) in [5.74, 6) is 0.437. The Balaban J connectivity index is 2.33. The molecule has 0 saturated carbocycles. The lowest BCUT2D eigenvalue weighted by Crippen LogP contribution is -2.03. The molecule has 5 heteroatoms. The third-order valence-electron chi connectivity index (χ3n) is 2.90. The summed E-state index contributed by atoms with van der Waals surface area (Å²) in [6, 6.07) is 10.1. The quantitative estimate of drug-likeness (QED) is 0.817. The van der Waals surface area contributed by atoms with Crippen LogP contribution in [0, 0.1) is 17.2 Å². The van der Waals surface area contributed by atoms with Gasteiger partial charge in [-0.05, 0) is 30.0 Å². The molecule has 0 aliphatic carbocycles. The molecule has 0 amide bonds. The molecule has 0 saturated heterocycles. The molecule has 1 aromatic carbocycles. The zero-order chi connectivity index (χ0) is 14.7. The first-order valence-corrected chi connectivity index (χ1v) is 7.58. The topological polar surface area (TPSA) is 41.6 Å². The van der Waals surface area contributed by atoms with Gasteiger partial charge in [0.2, 0.25) is 0 Å². The van der Waals surface area contributed by atoms with Gasteiger partial charge in [0.1, 0.15) is 16.8 Å². The SMILES string of the molecule is CC(C)Cc1nn(Cc2cccc(Br)c2)c(Cl)c1C#N. The molecule has 0 aliphatic heterocycles. The summed E-state index contributed by atoms with van der Waals surface area (Å²) < 4.78 is 2.71. The highest BCUT2D eigenvalue weighted by Gasteiger charge is 2.17. The van der Waals surface area contributed by atoms with Gasteiger partial charge in [0.05, 0.1) is 12.2 Å². The van der Waals surface area contributed by atoms with Crippen LogP contribution in [0.5, 0.6) is 0 Å². The largest absolute Gasteiger partial charge is 0.248 e. The third-order valence-corrected chi connectivity index (χ3v) is 3.78. The number of aromatic nitrogens is 2. The van der Waals surface area contributed by atoms with Crippen LogP contribution in [0.2, 0.25) is 5.15 Å². The summed E-state index contributed by atoms with van der Waals surface area (Å²) in [5, 5.41) is 14.2. The zero-order valence-corrected chi connectivity index (χ0v) is 13.7. The van der Waals surface area contributed by atoms with E-state index in [1.807, 2.05) is 24.3 Å². The molecule has 20 heavy (non-hydrogen) atoms. The Morgan fingerprint density at radius 2 is 2.20 bits per heavy atom. The predicted molar refractivity (Wildman–Crippen MR) is 83.7 cm³/mol. The minimum absolute atomic E-state index is 0.420. The van der Waals surface area contributed by atoms with Crippen LogP contribution in [0.1, 0.15) is 30.7 Å². The van der Waals surface area contributed by atoms with Crippen molar-refractivity contribution in [2.24, 2.45) is 5.92 Å². The van der Waals surface area contributed by atoms with E-state index in [0.717, 1.165) is 22.2 Å². The van der Waals surface area contributed by atoms with E-state index in [-0.39, 0.29) is 0 Å². The average molecular weight is 353 g/mol. The lowest BCUT2D eigenvalue weighted by Gasteiger charge is -2.04. The average Bonchev–Trinajstić information content (AvgIpc) is 2.64. The van der Waals surface area contributed by atoms with E-state index >= 15 is 0 Å². The van der Waals surface area contributed by atoms with Crippen LogP contribution in [0.15, 0.2) is 28.7 Å². The molecule has 0 atom stereocenters. The summed E-state index contributed by atoms with van der Waals surface area (Å²) >= 11 is 9.71. The fourth-order valence-electron chi connectivity index (χ4n) is 2.04. The fourth-order valence-corrected chi connectivity index (χ4v) is 2.74. The minimum Gasteiger partial charge on any atom is -0.248 e. The molecule has 1 aromatic heterocycles. The standard InChI is InChI=1S/C15H15BrClN3/c1-10(2)6-14-13(8-18)15(17)20(19-14)9-11-4-3-5-12(16)7-11/h3-5,7,10H,6,9H2,1-2H3. The lowest BCUT2D eigenvalue weighted by atomic mass is 10.1. The van der Waals surface area contributed by atoms with Crippen molar-refractivity contribution in [3.05, 3.63) is 50.7 Å². The van der Waals surface area contributed by atoms with Gasteiger partial charge in [-0.25, -0.2) is 4.68 Å². The van der Waals surface area contributed by atoms with E-state index in [1.165, 1.54) is 0 Å². The molecule has 0 N–H and O–H groups in total. The molecule has 2 rings (SSSR count). The number of rotatable bonds is 4. The molecule has 0 unspecified atom stereocenters.